The lowest BCUT2D eigenvalue weighted by molar-refractivity contribution is 0.244. The molecule has 3 rings (SSSR count). The zero-order chi connectivity index (χ0) is 18.4. The van der Waals surface area contributed by atoms with Crippen molar-refractivity contribution in [3.8, 4) is 5.75 Å². The van der Waals surface area contributed by atoms with E-state index < -0.39 is 0 Å². The number of nitrogens with zero attached hydrogens (tertiary/aromatic N) is 2. The van der Waals surface area contributed by atoms with E-state index in [9.17, 15) is 0 Å². The first-order valence-electron chi connectivity index (χ1n) is 8.43. The molecule has 0 fully saturated rings. The second-order valence-corrected chi connectivity index (χ2v) is 6.49. The molecule has 26 heavy (non-hydrogen) atoms. The highest BCUT2D eigenvalue weighted by molar-refractivity contribution is 6.30. The van der Waals surface area contributed by atoms with Gasteiger partial charge in [0.05, 0.1) is 11.8 Å². The topological polar surface area (TPSA) is 59.1 Å². The van der Waals surface area contributed by atoms with Gasteiger partial charge in [-0.15, -0.1) is 0 Å². The number of hydrogen-bond acceptors (Lipinski definition) is 5. The number of benzene rings is 2. The Kier molecular flexibility index (Phi) is 5.92. The minimum atomic E-state index is 0.0972. The van der Waals surface area contributed by atoms with Crippen LogP contribution in [0.25, 0.3) is 0 Å². The average Bonchev–Trinajstić information content (AvgIpc) is 2.63. The summed E-state index contributed by atoms with van der Waals surface area (Å²) in [5.41, 5.74) is 1.99. The third-order valence-corrected chi connectivity index (χ3v) is 3.82. The van der Waals surface area contributed by atoms with Crippen molar-refractivity contribution in [1.82, 2.24) is 9.97 Å². The smallest absolute Gasteiger partial charge is 0.143 e. The Bertz CT molecular complexity index is 852. The van der Waals surface area contributed by atoms with Gasteiger partial charge >= 0.3 is 0 Å². The number of rotatable bonds is 7. The molecule has 0 aliphatic carbocycles. The van der Waals surface area contributed by atoms with E-state index in [2.05, 4.69) is 20.6 Å². The molecule has 0 aliphatic heterocycles. The molecular weight excluding hydrogens is 348 g/mol. The van der Waals surface area contributed by atoms with Crippen molar-refractivity contribution in [2.24, 2.45) is 0 Å². The molecule has 0 aliphatic rings. The Morgan fingerprint density at radius 2 is 1.73 bits per heavy atom. The lowest BCUT2D eigenvalue weighted by atomic mass is 10.2. The molecule has 2 N–H and O–H groups in total. The predicted octanol–water partition coefficient (Wildman–Crippen LogP) is 5.27. The van der Waals surface area contributed by atoms with E-state index >= 15 is 0 Å². The van der Waals surface area contributed by atoms with Gasteiger partial charge in [0.2, 0.25) is 0 Å². The van der Waals surface area contributed by atoms with Crippen molar-refractivity contribution in [1.29, 1.82) is 0 Å². The molecule has 3 aromatic rings. The quantitative estimate of drug-likeness (QED) is 0.594. The molecule has 5 nitrogen and oxygen atoms in total. The van der Waals surface area contributed by atoms with Gasteiger partial charge in [-0.3, -0.25) is 0 Å². The number of hydrogen-bond donors (Lipinski definition) is 2. The van der Waals surface area contributed by atoms with Crippen molar-refractivity contribution >= 4 is 28.9 Å². The molecule has 6 heteroatoms. The third kappa shape index (κ3) is 5.10. The van der Waals surface area contributed by atoms with Crippen molar-refractivity contribution in [2.45, 2.75) is 26.5 Å². The van der Waals surface area contributed by atoms with Crippen LogP contribution in [0.15, 0.2) is 60.9 Å². The first kappa shape index (κ1) is 18.0. The summed E-state index contributed by atoms with van der Waals surface area (Å²) in [5.74, 6) is 2.22. The standard InChI is InChI=1S/C20H21ClN4O/c1-14(2)26-18-6-4-3-5-17(18)25-20-11-19(23-13-24-20)22-12-15-7-9-16(21)10-8-15/h3-11,13-14H,12H2,1-2H3,(H2,22,23,24,25). The molecule has 0 unspecified atom stereocenters. The SMILES string of the molecule is CC(C)Oc1ccccc1Nc1cc(NCc2ccc(Cl)cc2)ncn1. The Balaban J connectivity index is 1.69. The number of aromatic nitrogens is 2. The fourth-order valence-electron chi connectivity index (χ4n) is 2.38. The predicted molar refractivity (Wildman–Crippen MR) is 106 cm³/mol. The number of anilines is 3. The van der Waals surface area contributed by atoms with E-state index in [1.165, 1.54) is 6.33 Å². The molecule has 0 spiro atoms. The fourth-order valence-corrected chi connectivity index (χ4v) is 2.51. The van der Waals surface area contributed by atoms with Crippen molar-refractivity contribution in [3.05, 3.63) is 71.5 Å². The molecule has 0 bridgehead atoms. The monoisotopic (exact) mass is 368 g/mol. The summed E-state index contributed by atoms with van der Waals surface area (Å²) in [6, 6.07) is 17.4. The van der Waals surface area contributed by atoms with Crippen LogP contribution in [0.2, 0.25) is 5.02 Å². The molecule has 0 radical (unpaired) electrons. The summed E-state index contributed by atoms with van der Waals surface area (Å²) in [4.78, 5) is 8.55. The van der Waals surface area contributed by atoms with E-state index in [1.807, 2.05) is 68.4 Å². The molecule has 0 atom stereocenters. The van der Waals surface area contributed by atoms with Gasteiger partial charge in [0.25, 0.3) is 0 Å². The van der Waals surface area contributed by atoms with Crippen LogP contribution in [0.5, 0.6) is 5.75 Å². The minimum absolute atomic E-state index is 0.0972. The fraction of sp³-hybridized carbons (Fsp3) is 0.200. The number of halogens is 1. The summed E-state index contributed by atoms with van der Waals surface area (Å²) in [5, 5.41) is 7.30. The van der Waals surface area contributed by atoms with Gasteiger partial charge < -0.3 is 15.4 Å². The van der Waals surface area contributed by atoms with Crippen LogP contribution in [0.4, 0.5) is 17.3 Å². The highest BCUT2D eigenvalue weighted by Gasteiger charge is 2.07. The van der Waals surface area contributed by atoms with E-state index in [0.29, 0.717) is 12.4 Å². The van der Waals surface area contributed by atoms with Crippen molar-refractivity contribution in [2.75, 3.05) is 10.6 Å². The molecule has 2 aromatic carbocycles. The van der Waals surface area contributed by atoms with Gasteiger partial charge in [-0.2, -0.15) is 0 Å². The summed E-state index contributed by atoms with van der Waals surface area (Å²) in [7, 11) is 0. The summed E-state index contributed by atoms with van der Waals surface area (Å²) in [6.07, 6.45) is 1.62. The number of ether oxygens (including phenoxy) is 1. The van der Waals surface area contributed by atoms with Crippen LogP contribution in [0.1, 0.15) is 19.4 Å². The van der Waals surface area contributed by atoms with E-state index in [4.69, 9.17) is 16.3 Å². The lowest BCUT2D eigenvalue weighted by Crippen LogP contribution is -2.08. The minimum Gasteiger partial charge on any atom is -0.489 e. The summed E-state index contributed by atoms with van der Waals surface area (Å²) in [6.45, 7) is 4.65. The lowest BCUT2D eigenvalue weighted by Gasteiger charge is -2.15. The maximum atomic E-state index is 5.91. The van der Waals surface area contributed by atoms with Gasteiger partial charge in [-0.05, 0) is 43.7 Å². The maximum absolute atomic E-state index is 5.91. The Hall–Kier alpha value is -2.79. The van der Waals surface area contributed by atoms with Crippen LogP contribution in [0, 0.1) is 0 Å². The zero-order valence-electron chi connectivity index (χ0n) is 14.7. The van der Waals surface area contributed by atoms with Crippen LogP contribution in [-0.4, -0.2) is 16.1 Å². The van der Waals surface area contributed by atoms with Crippen LogP contribution in [0.3, 0.4) is 0 Å². The van der Waals surface area contributed by atoms with Crippen LogP contribution in [-0.2, 0) is 6.54 Å². The van der Waals surface area contributed by atoms with Crippen molar-refractivity contribution in [3.63, 3.8) is 0 Å². The second kappa shape index (κ2) is 8.54. The van der Waals surface area contributed by atoms with Gasteiger partial charge in [-0.25, -0.2) is 9.97 Å². The molecule has 0 saturated carbocycles. The third-order valence-electron chi connectivity index (χ3n) is 3.57. The average molecular weight is 369 g/mol. The normalized spacial score (nSPS) is 10.6. The van der Waals surface area contributed by atoms with Gasteiger partial charge in [0.1, 0.15) is 23.7 Å². The first-order chi connectivity index (χ1) is 12.6. The zero-order valence-corrected chi connectivity index (χ0v) is 15.5. The summed E-state index contributed by atoms with van der Waals surface area (Å²) >= 11 is 5.91. The largest absolute Gasteiger partial charge is 0.489 e. The Labute approximate surface area is 158 Å². The highest BCUT2D eigenvalue weighted by Crippen LogP contribution is 2.28. The molecular formula is C20H21ClN4O. The number of para-hydroxylation sites is 2. The molecule has 0 amide bonds. The molecule has 1 heterocycles. The van der Waals surface area contributed by atoms with Gasteiger partial charge in [0.15, 0.2) is 0 Å². The van der Waals surface area contributed by atoms with Gasteiger partial charge in [0, 0.05) is 17.6 Å². The molecule has 134 valence electrons. The van der Waals surface area contributed by atoms with Crippen molar-refractivity contribution < 1.29 is 4.74 Å². The van der Waals surface area contributed by atoms with Crippen LogP contribution < -0.4 is 15.4 Å². The van der Waals surface area contributed by atoms with E-state index in [1.54, 1.807) is 0 Å². The first-order valence-corrected chi connectivity index (χ1v) is 8.81. The Morgan fingerprint density at radius 1 is 1.00 bits per heavy atom. The molecule has 1 aromatic heterocycles. The summed E-state index contributed by atoms with van der Waals surface area (Å²) < 4.78 is 5.83. The highest BCUT2D eigenvalue weighted by atomic mass is 35.5. The molecule has 0 saturated heterocycles. The maximum Gasteiger partial charge on any atom is 0.143 e. The number of nitrogens with one attached hydrogen (secondary N) is 2. The van der Waals surface area contributed by atoms with E-state index in [0.717, 1.165) is 27.8 Å². The Morgan fingerprint density at radius 3 is 2.50 bits per heavy atom. The van der Waals surface area contributed by atoms with Gasteiger partial charge in [-0.1, -0.05) is 35.9 Å². The van der Waals surface area contributed by atoms with E-state index in [-0.39, 0.29) is 6.10 Å². The second-order valence-electron chi connectivity index (χ2n) is 6.06. The van der Waals surface area contributed by atoms with Crippen LogP contribution >= 0.6 is 11.6 Å².